The fraction of sp³-hybridized carbons (Fsp3) is 0. The molecule has 3 aromatic carbocycles. The van der Waals surface area contributed by atoms with Crippen LogP contribution in [0.5, 0.6) is 0 Å². The van der Waals surface area contributed by atoms with Crippen LogP contribution in [0.25, 0.3) is 0 Å². The number of nitrogens with one attached hydrogen (secondary N) is 3. The van der Waals surface area contributed by atoms with E-state index in [1.807, 2.05) is 0 Å². The van der Waals surface area contributed by atoms with Crippen LogP contribution in [-0.2, 0) is 10.0 Å². The van der Waals surface area contributed by atoms with E-state index in [-0.39, 0.29) is 16.3 Å². The molecule has 5 N–H and O–H groups in total. The van der Waals surface area contributed by atoms with E-state index in [0.29, 0.717) is 16.9 Å². The van der Waals surface area contributed by atoms with Crippen LogP contribution in [0, 0.1) is 5.53 Å². The third-order valence-electron chi connectivity index (χ3n) is 3.86. The topological polar surface area (TPSA) is 138 Å². The van der Waals surface area contributed by atoms with E-state index in [1.165, 1.54) is 42.5 Å². The molecule has 0 aliphatic carbocycles. The van der Waals surface area contributed by atoms with Crippen LogP contribution in [0.1, 0.15) is 10.4 Å². The Balaban J connectivity index is 1.73. The molecule has 3 rings (SSSR count). The molecule has 0 aromatic heterocycles. The number of nitrogen functional groups attached to an aromatic ring is 1. The second-order valence-electron chi connectivity index (χ2n) is 5.84. The minimum atomic E-state index is -3.73. The predicted octanol–water partition coefficient (Wildman–Crippen LogP) is 3.98. The van der Waals surface area contributed by atoms with Gasteiger partial charge in [-0.3, -0.25) is 9.52 Å². The highest BCUT2D eigenvalue weighted by Gasteiger charge is 2.14. The molecule has 3 aromatic rings. The third kappa shape index (κ3) is 4.33. The lowest BCUT2D eigenvalue weighted by Crippen LogP contribution is -2.14. The zero-order chi connectivity index (χ0) is 20.1. The van der Waals surface area contributed by atoms with Gasteiger partial charge in [-0.05, 0) is 54.6 Å². The highest BCUT2D eigenvalue weighted by Crippen LogP contribution is 2.23. The van der Waals surface area contributed by atoms with E-state index in [0.717, 1.165) is 0 Å². The average molecular weight is 395 g/mol. The Bertz CT molecular complexity index is 1110. The van der Waals surface area contributed by atoms with Gasteiger partial charge in [0.2, 0.25) is 0 Å². The molecule has 142 valence electrons. The molecule has 9 heteroatoms. The number of hydrogen-bond acceptors (Lipinski definition) is 6. The van der Waals surface area contributed by atoms with E-state index < -0.39 is 15.9 Å². The summed E-state index contributed by atoms with van der Waals surface area (Å²) in [7, 11) is -3.73. The van der Waals surface area contributed by atoms with Gasteiger partial charge in [-0.1, -0.05) is 18.2 Å². The fourth-order valence-corrected chi connectivity index (χ4v) is 3.50. The highest BCUT2D eigenvalue weighted by atomic mass is 32.2. The first kappa shape index (κ1) is 19.1. The second kappa shape index (κ2) is 7.89. The number of sulfonamides is 1. The van der Waals surface area contributed by atoms with Gasteiger partial charge in [0.1, 0.15) is 5.69 Å². The smallest absolute Gasteiger partial charge is 0.261 e. The molecule has 0 saturated heterocycles. The first-order valence-corrected chi connectivity index (χ1v) is 9.63. The van der Waals surface area contributed by atoms with Crippen molar-refractivity contribution in [2.45, 2.75) is 4.90 Å². The molecule has 0 unspecified atom stereocenters. The van der Waals surface area contributed by atoms with Crippen molar-refractivity contribution in [3.63, 3.8) is 0 Å². The molecule has 0 radical (unpaired) electrons. The van der Waals surface area contributed by atoms with E-state index in [9.17, 15) is 13.2 Å². The van der Waals surface area contributed by atoms with Crippen LogP contribution in [-0.4, -0.2) is 14.3 Å². The number of nitrogens with two attached hydrogens (primary N) is 1. The standard InChI is InChI=1S/C19H17N5O3S/c20-17-12-13(6-11-18(17)23-21)19(25)22-14-7-9-16(10-8-14)28(26,27)24-15-4-2-1-3-5-15/h1-12,21,24H,20H2,(H,22,25). The Morgan fingerprint density at radius 3 is 2.21 bits per heavy atom. The molecule has 0 fully saturated rings. The molecule has 8 nitrogen and oxygen atoms in total. The van der Waals surface area contributed by atoms with Gasteiger partial charge in [0.25, 0.3) is 15.9 Å². The summed E-state index contributed by atoms with van der Waals surface area (Å²) in [5.74, 6) is -0.416. The molecule has 0 heterocycles. The maximum atomic E-state index is 12.4. The first-order valence-electron chi connectivity index (χ1n) is 8.15. The number of nitrogens with zero attached hydrogens (tertiary/aromatic N) is 1. The Hall–Kier alpha value is -3.72. The summed E-state index contributed by atoms with van der Waals surface area (Å²) in [6.07, 6.45) is 0. The summed E-state index contributed by atoms with van der Waals surface area (Å²) >= 11 is 0. The normalized spacial score (nSPS) is 10.9. The Labute approximate surface area is 162 Å². The van der Waals surface area contributed by atoms with Crippen molar-refractivity contribution in [3.8, 4) is 0 Å². The minimum Gasteiger partial charge on any atom is -0.397 e. The van der Waals surface area contributed by atoms with Gasteiger partial charge in [0.15, 0.2) is 0 Å². The number of rotatable bonds is 6. The van der Waals surface area contributed by atoms with Crippen LogP contribution < -0.4 is 15.8 Å². The molecular formula is C19H17N5O3S. The van der Waals surface area contributed by atoms with E-state index in [4.69, 9.17) is 11.3 Å². The SMILES string of the molecule is N=Nc1ccc(C(=O)Nc2ccc(S(=O)(=O)Nc3ccccc3)cc2)cc1N. The first-order chi connectivity index (χ1) is 13.4. The molecule has 0 aliphatic rings. The van der Waals surface area contributed by atoms with Crippen molar-refractivity contribution in [1.82, 2.24) is 0 Å². The zero-order valence-corrected chi connectivity index (χ0v) is 15.4. The van der Waals surface area contributed by atoms with Crippen LogP contribution in [0.15, 0.2) is 82.8 Å². The monoisotopic (exact) mass is 395 g/mol. The van der Waals surface area contributed by atoms with Gasteiger partial charge in [0, 0.05) is 16.9 Å². The summed E-state index contributed by atoms with van der Waals surface area (Å²) in [4.78, 5) is 12.4. The van der Waals surface area contributed by atoms with Crippen molar-refractivity contribution in [2.24, 2.45) is 5.11 Å². The second-order valence-corrected chi connectivity index (χ2v) is 7.52. The highest BCUT2D eigenvalue weighted by molar-refractivity contribution is 7.92. The minimum absolute atomic E-state index is 0.0695. The maximum Gasteiger partial charge on any atom is 0.261 e. The number of para-hydroxylation sites is 1. The molecule has 0 spiro atoms. The van der Waals surface area contributed by atoms with Crippen molar-refractivity contribution >= 4 is 38.7 Å². The number of carbonyl (C=O) groups excluding carboxylic acids is 1. The summed E-state index contributed by atoms with van der Waals surface area (Å²) in [6.45, 7) is 0. The number of benzene rings is 3. The van der Waals surface area contributed by atoms with E-state index in [1.54, 1.807) is 30.3 Å². The Morgan fingerprint density at radius 1 is 0.929 bits per heavy atom. The molecule has 0 atom stereocenters. The number of hydrogen-bond donors (Lipinski definition) is 4. The molecule has 0 aliphatic heterocycles. The Kier molecular flexibility index (Phi) is 5.37. The summed E-state index contributed by atoms with van der Waals surface area (Å²) in [5, 5.41) is 5.91. The molecule has 0 bridgehead atoms. The van der Waals surface area contributed by atoms with Crippen molar-refractivity contribution in [3.05, 3.63) is 78.4 Å². The van der Waals surface area contributed by atoms with Crippen LogP contribution in [0.3, 0.4) is 0 Å². The van der Waals surface area contributed by atoms with Gasteiger partial charge >= 0.3 is 0 Å². The summed E-state index contributed by atoms with van der Waals surface area (Å²) in [5.41, 5.74) is 14.4. The molecule has 1 amide bonds. The number of amides is 1. The lowest BCUT2D eigenvalue weighted by atomic mass is 10.1. The lowest BCUT2D eigenvalue weighted by molar-refractivity contribution is 0.102. The van der Waals surface area contributed by atoms with Crippen LogP contribution >= 0.6 is 0 Å². The average Bonchev–Trinajstić information content (AvgIpc) is 2.68. The number of anilines is 3. The predicted molar refractivity (Wildman–Crippen MR) is 107 cm³/mol. The maximum absolute atomic E-state index is 12.4. The van der Waals surface area contributed by atoms with Crippen molar-refractivity contribution in [2.75, 3.05) is 15.8 Å². The largest absolute Gasteiger partial charge is 0.397 e. The fourth-order valence-electron chi connectivity index (χ4n) is 2.44. The van der Waals surface area contributed by atoms with Crippen LogP contribution in [0.4, 0.5) is 22.7 Å². The summed E-state index contributed by atoms with van der Waals surface area (Å²) < 4.78 is 27.3. The molecular weight excluding hydrogens is 378 g/mol. The van der Waals surface area contributed by atoms with Crippen molar-refractivity contribution in [1.29, 1.82) is 5.53 Å². The Morgan fingerprint density at radius 2 is 1.61 bits per heavy atom. The van der Waals surface area contributed by atoms with Crippen LogP contribution in [0.2, 0.25) is 0 Å². The van der Waals surface area contributed by atoms with E-state index >= 15 is 0 Å². The quantitative estimate of drug-likeness (QED) is 0.370. The summed E-state index contributed by atoms with van der Waals surface area (Å²) in [6, 6.07) is 18.7. The van der Waals surface area contributed by atoms with Gasteiger partial charge in [-0.25, -0.2) is 13.9 Å². The van der Waals surface area contributed by atoms with Gasteiger partial charge in [0.05, 0.1) is 10.6 Å². The number of carbonyl (C=O) groups is 1. The lowest BCUT2D eigenvalue weighted by Gasteiger charge is -2.10. The third-order valence-corrected chi connectivity index (χ3v) is 5.26. The molecule has 0 saturated carbocycles. The van der Waals surface area contributed by atoms with Gasteiger partial charge in [-0.15, -0.1) is 0 Å². The van der Waals surface area contributed by atoms with Crippen molar-refractivity contribution < 1.29 is 13.2 Å². The van der Waals surface area contributed by atoms with Gasteiger partial charge < -0.3 is 11.1 Å². The zero-order valence-electron chi connectivity index (χ0n) is 14.6. The van der Waals surface area contributed by atoms with E-state index in [2.05, 4.69) is 15.2 Å². The molecule has 28 heavy (non-hydrogen) atoms. The van der Waals surface area contributed by atoms with Gasteiger partial charge in [-0.2, -0.15) is 5.11 Å².